The molecule has 1 aliphatic heterocycles. The molecule has 1 heterocycles. The molecule has 2 aliphatic rings. The number of carboxylic acid groups (broad SMARTS) is 1. The molecule has 1 atom stereocenters. The molecule has 7 nitrogen and oxygen atoms in total. The number of benzene rings is 1. The summed E-state index contributed by atoms with van der Waals surface area (Å²) in [4.78, 5) is 23.1. The fourth-order valence-corrected chi connectivity index (χ4v) is 3.67. The van der Waals surface area contributed by atoms with Gasteiger partial charge in [0.15, 0.2) is 0 Å². The van der Waals surface area contributed by atoms with E-state index >= 15 is 0 Å². The van der Waals surface area contributed by atoms with Crippen LogP contribution in [0.15, 0.2) is 12.1 Å². The summed E-state index contributed by atoms with van der Waals surface area (Å²) in [6.45, 7) is 1.17. The van der Waals surface area contributed by atoms with Gasteiger partial charge in [-0.2, -0.15) is 18.4 Å². The molecule has 1 saturated heterocycles. The van der Waals surface area contributed by atoms with Gasteiger partial charge in [-0.1, -0.05) is 23.2 Å². The summed E-state index contributed by atoms with van der Waals surface area (Å²) in [5, 5.41) is 27.0. The number of carbonyl (C=O) groups excluding carboxylic acids is 1. The fraction of sp³-hybridized carbons (Fsp3) is 0.526. The Morgan fingerprint density at radius 2 is 1.71 bits per heavy atom. The van der Waals surface area contributed by atoms with Crippen molar-refractivity contribution in [3.05, 3.63) is 27.7 Å². The lowest BCUT2D eigenvalue weighted by molar-refractivity contribution is -0.192. The molecule has 1 aromatic rings. The third-order valence-corrected chi connectivity index (χ3v) is 6.10. The highest BCUT2D eigenvalue weighted by molar-refractivity contribution is 6.42. The largest absolute Gasteiger partial charge is 0.508 e. The number of rotatable bonds is 3. The minimum absolute atomic E-state index is 0.0387. The number of alkyl halides is 3. The van der Waals surface area contributed by atoms with E-state index in [0.29, 0.717) is 36.5 Å². The summed E-state index contributed by atoms with van der Waals surface area (Å²) < 4.78 is 31.7. The number of nitrogens with zero attached hydrogens (tertiary/aromatic N) is 2. The van der Waals surface area contributed by atoms with Crippen molar-refractivity contribution in [2.45, 2.75) is 37.9 Å². The molecule has 1 amide bonds. The lowest BCUT2D eigenvalue weighted by Crippen LogP contribution is -2.44. The second-order valence-corrected chi connectivity index (χ2v) is 8.29. The van der Waals surface area contributed by atoms with Crippen LogP contribution in [0.4, 0.5) is 13.2 Å². The van der Waals surface area contributed by atoms with Crippen molar-refractivity contribution in [2.75, 3.05) is 13.1 Å². The highest BCUT2D eigenvalue weighted by Gasteiger charge is 2.52. The van der Waals surface area contributed by atoms with Crippen molar-refractivity contribution in [1.82, 2.24) is 4.90 Å². The Morgan fingerprint density at radius 1 is 1.23 bits per heavy atom. The van der Waals surface area contributed by atoms with E-state index in [4.69, 9.17) is 44.1 Å². The molecular weight excluding hydrogens is 462 g/mol. The van der Waals surface area contributed by atoms with Crippen molar-refractivity contribution in [1.29, 1.82) is 5.26 Å². The topological polar surface area (TPSA) is 128 Å². The zero-order chi connectivity index (χ0) is 23.6. The number of aromatic hydroxyl groups is 1. The molecule has 2 fully saturated rings. The second kappa shape index (κ2) is 9.51. The first-order valence-corrected chi connectivity index (χ1v) is 10.0. The van der Waals surface area contributed by atoms with Gasteiger partial charge in [0.05, 0.1) is 16.1 Å². The Morgan fingerprint density at radius 3 is 2.13 bits per heavy atom. The number of halogens is 5. The number of aliphatic carboxylic acids is 1. The maximum atomic E-state index is 12.4. The van der Waals surface area contributed by atoms with E-state index in [-0.39, 0.29) is 28.6 Å². The molecule has 3 rings (SSSR count). The van der Waals surface area contributed by atoms with E-state index in [9.17, 15) is 23.1 Å². The number of hydrogen-bond acceptors (Lipinski definition) is 5. The van der Waals surface area contributed by atoms with Gasteiger partial charge < -0.3 is 20.8 Å². The summed E-state index contributed by atoms with van der Waals surface area (Å²) in [5.74, 6) is -2.63. The fourth-order valence-electron chi connectivity index (χ4n) is 3.34. The van der Waals surface area contributed by atoms with Crippen LogP contribution in [0.25, 0.3) is 0 Å². The average molecular weight is 482 g/mol. The van der Waals surface area contributed by atoms with Gasteiger partial charge in [0.25, 0.3) is 0 Å². The van der Waals surface area contributed by atoms with Gasteiger partial charge in [0.1, 0.15) is 11.2 Å². The highest BCUT2D eigenvalue weighted by Crippen LogP contribution is 2.47. The molecular formula is C19H20Cl2F3N3O4. The van der Waals surface area contributed by atoms with Gasteiger partial charge in [-0.15, -0.1) is 0 Å². The van der Waals surface area contributed by atoms with E-state index in [1.807, 2.05) is 0 Å². The zero-order valence-electron chi connectivity index (χ0n) is 16.1. The predicted octanol–water partition coefficient (Wildman–Crippen LogP) is 3.87. The molecule has 0 aromatic heterocycles. The number of nitrogens with two attached hydrogens (primary N) is 1. The monoisotopic (exact) mass is 481 g/mol. The Labute approximate surface area is 186 Å². The minimum Gasteiger partial charge on any atom is -0.508 e. The molecule has 12 heteroatoms. The number of carbonyl (C=O) groups is 2. The number of phenolic OH excluding ortho intramolecular Hbond substituents is 1. The maximum absolute atomic E-state index is 12.4. The number of likely N-dealkylation sites (tertiary alicyclic amines) is 1. The lowest BCUT2D eigenvalue weighted by atomic mass is 9.85. The van der Waals surface area contributed by atoms with Crippen molar-refractivity contribution in [3.63, 3.8) is 0 Å². The van der Waals surface area contributed by atoms with E-state index in [2.05, 4.69) is 6.07 Å². The van der Waals surface area contributed by atoms with Crippen LogP contribution in [0, 0.1) is 22.7 Å². The van der Waals surface area contributed by atoms with Gasteiger partial charge in [0.2, 0.25) is 5.91 Å². The smallest absolute Gasteiger partial charge is 0.490 e. The number of carboxylic acids is 1. The Balaban J connectivity index is 0.000000423. The molecule has 1 unspecified atom stereocenters. The third kappa shape index (κ3) is 5.93. The van der Waals surface area contributed by atoms with Crippen LogP contribution >= 0.6 is 23.2 Å². The molecule has 1 saturated carbocycles. The van der Waals surface area contributed by atoms with Crippen molar-refractivity contribution < 1.29 is 33.0 Å². The van der Waals surface area contributed by atoms with Crippen LogP contribution in [0.1, 0.15) is 37.3 Å². The van der Waals surface area contributed by atoms with Crippen LogP contribution < -0.4 is 5.73 Å². The third-order valence-electron chi connectivity index (χ3n) is 5.38. The molecule has 0 spiro atoms. The van der Waals surface area contributed by atoms with Crippen molar-refractivity contribution in [3.8, 4) is 11.8 Å². The standard InChI is InChI=1S/C17H19Cl2N3O2.C2HF3O2/c18-12-7-11(14(23)8-13(12)19)15(21)10-1-5-22(6-2-10)16(24)17(9-20)3-4-17;3-2(4,5)1(6)7/h7-8,10,15,23H,1-6,21H2;(H,6,7). The van der Waals surface area contributed by atoms with Gasteiger partial charge in [-0.05, 0) is 37.7 Å². The first-order chi connectivity index (χ1) is 14.3. The first kappa shape index (κ1) is 25.0. The molecule has 4 N–H and O–H groups in total. The summed E-state index contributed by atoms with van der Waals surface area (Å²) in [5.41, 5.74) is 6.12. The average Bonchev–Trinajstić information content (AvgIpc) is 3.51. The molecule has 1 aromatic carbocycles. The van der Waals surface area contributed by atoms with E-state index < -0.39 is 17.6 Å². The van der Waals surface area contributed by atoms with E-state index in [0.717, 1.165) is 12.8 Å². The van der Waals surface area contributed by atoms with Crippen molar-refractivity contribution >= 4 is 35.1 Å². The van der Waals surface area contributed by atoms with E-state index in [1.54, 1.807) is 11.0 Å². The molecule has 170 valence electrons. The van der Waals surface area contributed by atoms with Crippen LogP contribution in [0.3, 0.4) is 0 Å². The highest BCUT2D eigenvalue weighted by atomic mass is 35.5. The SMILES string of the molecule is N#CC1(C(=O)N2CCC(C(N)c3cc(Cl)c(Cl)cc3O)CC2)CC1.O=C(O)C(F)(F)F. The number of piperidine rings is 1. The van der Waals surface area contributed by atoms with E-state index in [1.165, 1.54) is 6.07 Å². The normalized spacial score (nSPS) is 18.9. The summed E-state index contributed by atoms with van der Waals surface area (Å²) in [7, 11) is 0. The quantitative estimate of drug-likeness (QED) is 0.600. The second-order valence-electron chi connectivity index (χ2n) is 7.48. The van der Waals surface area contributed by atoms with Crippen LogP contribution in [0.2, 0.25) is 10.0 Å². The Hall–Kier alpha value is -2.22. The predicted molar refractivity (Wildman–Crippen MR) is 105 cm³/mol. The Bertz CT molecular complexity index is 893. The van der Waals surface area contributed by atoms with Crippen LogP contribution in [0.5, 0.6) is 5.75 Å². The molecule has 0 radical (unpaired) electrons. The van der Waals surface area contributed by atoms with Gasteiger partial charge in [0, 0.05) is 30.8 Å². The minimum atomic E-state index is -5.08. The summed E-state index contributed by atoms with van der Waals surface area (Å²) in [6.07, 6.45) is -2.29. The molecule has 1 aliphatic carbocycles. The summed E-state index contributed by atoms with van der Waals surface area (Å²) >= 11 is 11.9. The van der Waals surface area contributed by atoms with Gasteiger partial charge in [-0.25, -0.2) is 4.79 Å². The van der Waals surface area contributed by atoms with Crippen molar-refractivity contribution in [2.24, 2.45) is 17.1 Å². The van der Waals surface area contributed by atoms with Gasteiger partial charge >= 0.3 is 12.1 Å². The molecule has 31 heavy (non-hydrogen) atoms. The maximum Gasteiger partial charge on any atom is 0.490 e. The molecule has 0 bridgehead atoms. The summed E-state index contributed by atoms with van der Waals surface area (Å²) in [6, 6.07) is 4.79. The number of phenols is 1. The zero-order valence-corrected chi connectivity index (χ0v) is 17.6. The Kier molecular flexibility index (Phi) is 7.68. The number of nitriles is 1. The lowest BCUT2D eigenvalue weighted by Gasteiger charge is -2.36. The van der Waals surface area contributed by atoms with Crippen LogP contribution in [-0.4, -0.2) is 46.3 Å². The number of hydrogen-bond donors (Lipinski definition) is 3. The van der Waals surface area contributed by atoms with Crippen LogP contribution in [-0.2, 0) is 9.59 Å². The number of amides is 1. The first-order valence-electron chi connectivity index (χ1n) is 9.26. The van der Waals surface area contributed by atoms with Gasteiger partial charge in [-0.3, -0.25) is 4.79 Å².